The lowest BCUT2D eigenvalue weighted by molar-refractivity contribution is -0.146. The van der Waals surface area contributed by atoms with Crippen LogP contribution in [0.25, 0.3) is 0 Å². The molecule has 0 bridgehead atoms. The van der Waals surface area contributed by atoms with Gasteiger partial charge in [-0.05, 0) is 42.1 Å². The topological polar surface area (TPSA) is 26.3 Å². The summed E-state index contributed by atoms with van der Waals surface area (Å²) >= 11 is 0. The Kier molecular flexibility index (Phi) is 2.24. The van der Waals surface area contributed by atoms with Crippen molar-refractivity contribution < 1.29 is 9.53 Å². The van der Waals surface area contributed by atoms with Crippen LogP contribution in [-0.4, -0.2) is 12.6 Å². The maximum absolute atomic E-state index is 12.1. The van der Waals surface area contributed by atoms with Crippen molar-refractivity contribution >= 4 is 5.97 Å². The molecule has 1 saturated heterocycles. The summed E-state index contributed by atoms with van der Waals surface area (Å²) in [6, 6.07) is 0. The fourth-order valence-corrected chi connectivity index (χ4v) is 4.53. The van der Waals surface area contributed by atoms with Gasteiger partial charge in [-0.15, -0.1) is 0 Å². The quantitative estimate of drug-likeness (QED) is 0.475. The number of carbonyl (C=O) groups is 1. The number of carbonyl (C=O) groups excluding carboxylic acids is 1. The van der Waals surface area contributed by atoms with Gasteiger partial charge in [0.15, 0.2) is 0 Å². The predicted octanol–water partition coefficient (Wildman–Crippen LogP) is 3.32. The van der Waals surface area contributed by atoms with E-state index in [1.807, 2.05) is 0 Å². The van der Waals surface area contributed by atoms with Gasteiger partial charge in [-0.25, -0.2) is 0 Å². The Balaban J connectivity index is 1.98. The summed E-state index contributed by atoms with van der Waals surface area (Å²) in [5, 5.41) is 0. The molecule has 0 aromatic carbocycles. The van der Waals surface area contributed by atoms with Gasteiger partial charge in [0.05, 0.1) is 5.41 Å². The summed E-state index contributed by atoms with van der Waals surface area (Å²) in [4.78, 5) is 12.1. The molecule has 94 valence electrons. The van der Waals surface area contributed by atoms with E-state index in [4.69, 9.17) is 4.74 Å². The largest absolute Gasteiger partial charge is 0.460 e. The second-order valence-corrected chi connectivity index (χ2v) is 6.68. The van der Waals surface area contributed by atoms with Crippen LogP contribution in [-0.2, 0) is 9.53 Å². The minimum absolute atomic E-state index is 0.00493. The van der Waals surface area contributed by atoms with Crippen molar-refractivity contribution in [1.29, 1.82) is 0 Å². The third kappa shape index (κ3) is 1.30. The van der Waals surface area contributed by atoms with Gasteiger partial charge in [-0.3, -0.25) is 4.79 Å². The highest BCUT2D eigenvalue weighted by atomic mass is 16.5. The number of hydrogen-bond donors (Lipinski definition) is 0. The Morgan fingerprint density at radius 1 is 1.41 bits per heavy atom. The van der Waals surface area contributed by atoms with Gasteiger partial charge >= 0.3 is 5.97 Å². The third-order valence-corrected chi connectivity index (χ3v) is 5.97. The van der Waals surface area contributed by atoms with E-state index in [1.165, 1.54) is 19.3 Å². The molecule has 1 aliphatic heterocycles. The predicted molar refractivity (Wildman–Crippen MR) is 66.4 cm³/mol. The summed E-state index contributed by atoms with van der Waals surface area (Å²) in [6.07, 6.45) is 5.88. The van der Waals surface area contributed by atoms with Crippen molar-refractivity contribution in [2.24, 2.45) is 22.7 Å². The van der Waals surface area contributed by atoms with Crippen molar-refractivity contribution in [1.82, 2.24) is 0 Å². The average Bonchev–Trinajstić information content (AvgIpc) is 2.74. The summed E-state index contributed by atoms with van der Waals surface area (Å²) in [7, 11) is 0. The zero-order valence-corrected chi connectivity index (χ0v) is 10.9. The van der Waals surface area contributed by atoms with E-state index >= 15 is 0 Å². The van der Waals surface area contributed by atoms with E-state index in [0.29, 0.717) is 17.9 Å². The Morgan fingerprint density at radius 3 is 2.76 bits per heavy atom. The molecule has 2 nitrogen and oxygen atoms in total. The van der Waals surface area contributed by atoms with Crippen LogP contribution in [0.3, 0.4) is 0 Å². The molecule has 0 radical (unpaired) electrons. The van der Waals surface area contributed by atoms with Gasteiger partial charge in [-0.2, -0.15) is 0 Å². The zero-order valence-electron chi connectivity index (χ0n) is 10.9. The molecule has 4 unspecified atom stereocenters. The third-order valence-electron chi connectivity index (χ3n) is 5.97. The standard InChI is InChI=1S/C15H22O2/c1-10-5-4-6-12-7-15(9-14(10,12)3)11(2)8-17-13(15)16/h10,12H,2,4-9H2,1,3H3. The van der Waals surface area contributed by atoms with E-state index < -0.39 is 0 Å². The van der Waals surface area contributed by atoms with Crippen molar-refractivity contribution in [3.63, 3.8) is 0 Å². The first kappa shape index (κ1) is 11.3. The van der Waals surface area contributed by atoms with E-state index in [-0.39, 0.29) is 11.4 Å². The Hall–Kier alpha value is -0.790. The van der Waals surface area contributed by atoms with Crippen molar-refractivity contribution in [3.8, 4) is 0 Å². The number of esters is 1. The molecule has 0 amide bonds. The second-order valence-electron chi connectivity index (χ2n) is 6.68. The first-order valence-corrected chi connectivity index (χ1v) is 6.84. The van der Waals surface area contributed by atoms with Crippen LogP contribution in [0.4, 0.5) is 0 Å². The lowest BCUT2D eigenvalue weighted by atomic mass is 9.63. The molecule has 1 spiro atoms. The Morgan fingerprint density at radius 2 is 2.18 bits per heavy atom. The highest BCUT2D eigenvalue weighted by molar-refractivity contribution is 5.84. The molecule has 4 atom stereocenters. The maximum atomic E-state index is 12.1. The van der Waals surface area contributed by atoms with Crippen LogP contribution in [0.1, 0.15) is 46.0 Å². The van der Waals surface area contributed by atoms with Crippen LogP contribution in [0.2, 0.25) is 0 Å². The zero-order chi connectivity index (χ0) is 12.3. The van der Waals surface area contributed by atoms with Crippen molar-refractivity contribution in [2.45, 2.75) is 46.0 Å². The lowest BCUT2D eigenvalue weighted by Crippen LogP contribution is -2.34. The molecule has 0 N–H and O–H groups in total. The molecule has 3 aliphatic rings. The lowest BCUT2D eigenvalue weighted by Gasteiger charge is -2.42. The first-order chi connectivity index (χ1) is 7.99. The number of rotatable bonds is 0. The van der Waals surface area contributed by atoms with E-state index in [1.54, 1.807) is 0 Å². The number of hydrogen-bond acceptors (Lipinski definition) is 2. The molecular weight excluding hydrogens is 212 g/mol. The molecule has 2 heteroatoms. The Bertz CT molecular complexity index is 368. The van der Waals surface area contributed by atoms with Gasteiger partial charge in [0, 0.05) is 0 Å². The highest BCUT2D eigenvalue weighted by Crippen LogP contribution is 2.64. The van der Waals surface area contributed by atoms with Gasteiger partial charge < -0.3 is 4.74 Å². The van der Waals surface area contributed by atoms with Crippen LogP contribution < -0.4 is 0 Å². The van der Waals surface area contributed by atoms with Crippen LogP contribution in [0, 0.1) is 22.7 Å². The molecule has 3 rings (SSSR count). The van der Waals surface area contributed by atoms with Gasteiger partial charge in [0.2, 0.25) is 0 Å². The number of ether oxygens (including phenoxy) is 1. The van der Waals surface area contributed by atoms with Crippen LogP contribution in [0.15, 0.2) is 12.2 Å². The molecule has 0 aromatic heterocycles. The Labute approximate surface area is 103 Å². The summed E-state index contributed by atoms with van der Waals surface area (Å²) in [6.45, 7) is 9.30. The van der Waals surface area contributed by atoms with Crippen LogP contribution >= 0.6 is 0 Å². The number of cyclic esters (lactones) is 1. The fraction of sp³-hybridized carbons (Fsp3) is 0.800. The summed E-state index contributed by atoms with van der Waals surface area (Å²) in [5.74, 6) is 1.42. The number of fused-ring (bicyclic) bond motifs is 1. The molecule has 2 aliphatic carbocycles. The molecule has 2 saturated carbocycles. The summed E-state index contributed by atoms with van der Waals surface area (Å²) < 4.78 is 5.25. The molecule has 0 aromatic rings. The van der Waals surface area contributed by atoms with Gasteiger partial charge in [0.1, 0.15) is 6.61 Å². The maximum Gasteiger partial charge on any atom is 0.316 e. The second kappa shape index (κ2) is 3.37. The normalized spacial score (nSPS) is 49.5. The molecular formula is C15H22O2. The van der Waals surface area contributed by atoms with E-state index in [2.05, 4.69) is 20.4 Å². The monoisotopic (exact) mass is 234 g/mol. The van der Waals surface area contributed by atoms with Crippen molar-refractivity contribution in [2.75, 3.05) is 6.61 Å². The minimum atomic E-state index is -0.321. The van der Waals surface area contributed by atoms with Crippen molar-refractivity contribution in [3.05, 3.63) is 12.2 Å². The molecule has 3 fully saturated rings. The average molecular weight is 234 g/mol. The first-order valence-electron chi connectivity index (χ1n) is 6.84. The molecule has 17 heavy (non-hydrogen) atoms. The molecule has 1 heterocycles. The SMILES string of the molecule is C=C1COC(=O)C12CC1CCCC(C)C1(C)C2. The van der Waals surface area contributed by atoms with Gasteiger partial charge in [-0.1, -0.05) is 33.3 Å². The van der Waals surface area contributed by atoms with Gasteiger partial charge in [0.25, 0.3) is 0 Å². The van der Waals surface area contributed by atoms with E-state index in [0.717, 1.165) is 24.3 Å². The highest BCUT2D eigenvalue weighted by Gasteiger charge is 2.61. The smallest absolute Gasteiger partial charge is 0.316 e. The van der Waals surface area contributed by atoms with E-state index in [9.17, 15) is 4.79 Å². The van der Waals surface area contributed by atoms with Crippen LogP contribution in [0.5, 0.6) is 0 Å². The fourth-order valence-electron chi connectivity index (χ4n) is 4.53. The minimum Gasteiger partial charge on any atom is -0.460 e. The summed E-state index contributed by atoms with van der Waals surface area (Å²) in [5.41, 5.74) is 1.04.